The predicted octanol–water partition coefficient (Wildman–Crippen LogP) is 2.98. The van der Waals surface area contributed by atoms with Crippen molar-refractivity contribution >= 4 is 17.5 Å². The van der Waals surface area contributed by atoms with E-state index in [1.54, 1.807) is 19.2 Å². The zero-order valence-corrected chi connectivity index (χ0v) is 14.0. The molecule has 0 radical (unpaired) electrons. The van der Waals surface area contributed by atoms with Crippen molar-refractivity contribution in [2.24, 2.45) is 0 Å². The number of benzene rings is 2. The summed E-state index contributed by atoms with van der Waals surface area (Å²) < 4.78 is 17.2. The van der Waals surface area contributed by atoms with Crippen molar-refractivity contribution in [3.63, 3.8) is 0 Å². The van der Waals surface area contributed by atoms with Crippen LogP contribution >= 0.6 is 11.6 Å². The second-order valence-electron chi connectivity index (χ2n) is 5.39. The number of hydrogen-bond donors (Lipinski definition) is 1. The van der Waals surface area contributed by atoms with Gasteiger partial charge in [-0.25, -0.2) is 0 Å². The normalized spacial score (nSPS) is 18.6. The molecule has 24 heavy (non-hydrogen) atoms. The molecule has 0 spiro atoms. The molecule has 1 heterocycles. The van der Waals surface area contributed by atoms with Crippen LogP contribution in [0.25, 0.3) is 0 Å². The minimum absolute atomic E-state index is 0.0179. The maximum absolute atomic E-state index is 11.4. The van der Waals surface area contributed by atoms with Crippen LogP contribution in [0.3, 0.4) is 0 Å². The third-order valence-electron chi connectivity index (χ3n) is 3.79. The Morgan fingerprint density at radius 2 is 1.88 bits per heavy atom. The molecule has 1 aliphatic rings. The first kappa shape index (κ1) is 16.6. The number of methoxy groups -OCH3 is 1. The summed E-state index contributed by atoms with van der Waals surface area (Å²) in [5, 5.41) is 3.45. The highest BCUT2D eigenvalue weighted by molar-refractivity contribution is 6.30. The minimum atomic E-state index is -0.404. The SMILES string of the molecule is COc1ccccc1OC(c1ccc(Cl)cc1)C1CNC(=O)CO1. The fourth-order valence-electron chi connectivity index (χ4n) is 2.57. The molecular weight excluding hydrogens is 330 g/mol. The van der Waals surface area contributed by atoms with Crippen molar-refractivity contribution in [2.75, 3.05) is 20.3 Å². The Kier molecular flexibility index (Phi) is 5.23. The number of rotatable bonds is 5. The third kappa shape index (κ3) is 3.80. The smallest absolute Gasteiger partial charge is 0.246 e. The molecule has 1 amide bonds. The number of nitrogens with one attached hydrogen (secondary N) is 1. The maximum atomic E-state index is 11.4. The fraction of sp³-hybridized carbons (Fsp3) is 0.278. The number of amides is 1. The number of morpholine rings is 1. The zero-order chi connectivity index (χ0) is 16.9. The molecule has 1 aliphatic heterocycles. The molecule has 0 saturated carbocycles. The molecule has 126 valence electrons. The molecule has 2 unspecified atom stereocenters. The van der Waals surface area contributed by atoms with Gasteiger partial charge in [0.2, 0.25) is 5.91 Å². The first-order valence-electron chi connectivity index (χ1n) is 7.61. The van der Waals surface area contributed by atoms with E-state index >= 15 is 0 Å². The monoisotopic (exact) mass is 347 g/mol. The van der Waals surface area contributed by atoms with Crippen molar-refractivity contribution in [1.82, 2.24) is 5.32 Å². The van der Waals surface area contributed by atoms with Gasteiger partial charge in [0.05, 0.1) is 7.11 Å². The molecule has 3 rings (SSSR count). The van der Waals surface area contributed by atoms with Crippen LogP contribution in [0.2, 0.25) is 5.02 Å². The van der Waals surface area contributed by atoms with Gasteiger partial charge >= 0.3 is 0 Å². The minimum Gasteiger partial charge on any atom is -0.493 e. The van der Waals surface area contributed by atoms with Crippen molar-refractivity contribution < 1.29 is 19.0 Å². The Balaban J connectivity index is 1.89. The van der Waals surface area contributed by atoms with E-state index in [0.717, 1.165) is 5.56 Å². The highest BCUT2D eigenvalue weighted by atomic mass is 35.5. The summed E-state index contributed by atoms with van der Waals surface area (Å²) in [5.74, 6) is 1.12. The van der Waals surface area contributed by atoms with Crippen molar-refractivity contribution in [3.05, 3.63) is 59.1 Å². The lowest BCUT2D eigenvalue weighted by Gasteiger charge is -2.31. The summed E-state index contributed by atoms with van der Waals surface area (Å²) in [4.78, 5) is 11.4. The average molecular weight is 348 g/mol. The Morgan fingerprint density at radius 1 is 1.17 bits per heavy atom. The summed E-state index contributed by atoms with van der Waals surface area (Å²) in [6.07, 6.45) is -0.715. The van der Waals surface area contributed by atoms with Crippen molar-refractivity contribution in [1.29, 1.82) is 0 Å². The van der Waals surface area contributed by atoms with Crippen LogP contribution in [-0.4, -0.2) is 32.3 Å². The van der Waals surface area contributed by atoms with Crippen LogP contribution in [0.4, 0.5) is 0 Å². The summed E-state index contributed by atoms with van der Waals surface area (Å²) in [5.41, 5.74) is 0.909. The maximum Gasteiger partial charge on any atom is 0.246 e. The van der Waals surface area contributed by atoms with Crippen LogP contribution < -0.4 is 14.8 Å². The molecule has 2 atom stereocenters. The van der Waals surface area contributed by atoms with Gasteiger partial charge in [-0.05, 0) is 29.8 Å². The van der Waals surface area contributed by atoms with Gasteiger partial charge in [0.1, 0.15) is 12.7 Å². The topological polar surface area (TPSA) is 56.8 Å². The van der Waals surface area contributed by atoms with Crippen LogP contribution in [0.5, 0.6) is 11.5 Å². The lowest BCUT2D eigenvalue weighted by molar-refractivity contribution is -0.137. The molecule has 6 heteroatoms. The van der Waals surface area contributed by atoms with Gasteiger partial charge in [-0.1, -0.05) is 35.9 Å². The Morgan fingerprint density at radius 3 is 2.50 bits per heavy atom. The number of ether oxygens (including phenoxy) is 3. The van der Waals surface area contributed by atoms with Crippen LogP contribution in [-0.2, 0) is 9.53 Å². The number of carbonyl (C=O) groups is 1. The number of para-hydroxylation sites is 2. The quantitative estimate of drug-likeness (QED) is 0.903. The lowest BCUT2D eigenvalue weighted by atomic mass is 10.0. The molecule has 2 aromatic carbocycles. The van der Waals surface area contributed by atoms with Gasteiger partial charge in [-0.15, -0.1) is 0 Å². The zero-order valence-electron chi connectivity index (χ0n) is 13.2. The summed E-state index contributed by atoms with van der Waals surface area (Å²) in [7, 11) is 1.59. The second-order valence-corrected chi connectivity index (χ2v) is 5.83. The van der Waals surface area contributed by atoms with Crippen LogP contribution in [0, 0.1) is 0 Å². The van der Waals surface area contributed by atoms with Gasteiger partial charge in [-0.2, -0.15) is 0 Å². The molecule has 1 fully saturated rings. The molecule has 0 bridgehead atoms. The van der Waals surface area contributed by atoms with Gasteiger partial charge in [0.25, 0.3) is 0 Å². The van der Waals surface area contributed by atoms with E-state index in [2.05, 4.69) is 5.32 Å². The highest BCUT2D eigenvalue weighted by Crippen LogP contribution is 2.33. The van der Waals surface area contributed by atoms with Gasteiger partial charge in [0, 0.05) is 11.6 Å². The molecular formula is C18H18ClNO4. The van der Waals surface area contributed by atoms with E-state index in [0.29, 0.717) is 23.1 Å². The molecule has 0 aliphatic carbocycles. The van der Waals surface area contributed by atoms with E-state index in [1.807, 2.05) is 36.4 Å². The molecule has 0 aromatic heterocycles. The molecule has 1 saturated heterocycles. The van der Waals surface area contributed by atoms with E-state index in [9.17, 15) is 4.79 Å². The summed E-state index contributed by atoms with van der Waals surface area (Å²) >= 11 is 5.98. The largest absolute Gasteiger partial charge is 0.493 e. The predicted molar refractivity (Wildman–Crippen MR) is 90.6 cm³/mol. The Hall–Kier alpha value is -2.24. The first-order chi connectivity index (χ1) is 11.7. The van der Waals surface area contributed by atoms with Gasteiger partial charge in [-0.3, -0.25) is 4.79 Å². The van der Waals surface area contributed by atoms with Crippen molar-refractivity contribution in [3.8, 4) is 11.5 Å². The third-order valence-corrected chi connectivity index (χ3v) is 4.04. The van der Waals surface area contributed by atoms with Gasteiger partial charge in [0.15, 0.2) is 17.6 Å². The van der Waals surface area contributed by atoms with Crippen LogP contribution in [0.1, 0.15) is 11.7 Å². The number of carbonyl (C=O) groups excluding carboxylic acids is 1. The van der Waals surface area contributed by atoms with Crippen molar-refractivity contribution in [2.45, 2.75) is 12.2 Å². The lowest BCUT2D eigenvalue weighted by Crippen LogP contribution is -2.46. The summed E-state index contributed by atoms with van der Waals surface area (Å²) in [6.45, 7) is 0.394. The molecule has 2 aromatic rings. The van der Waals surface area contributed by atoms with Crippen LogP contribution in [0.15, 0.2) is 48.5 Å². The molecule has 1 N–H and O–H groups in total. The Bertz CT molecular complexity index is 694. The van der Waals surface area contributed by atoms with E-state index in [-0.39, 0.29) is 18.6 Å². The average Bonchev–Trinajstić information content (AvgIpc) is 2.62. The second kappa shape index (κ2) is 7.55. The van der Waals surface area contributed by atoms with E-state index in [1.165, 1.54) is 0 Å². The highest BCUT2D eigenvalue weighted by Gasteiger charge is 2.30. The van der Waals surface area contributed by atoms with E-state index < -0.39 is 6.10 Å². The number of hydrogen-bond acceptors (Lipinski definition) is 4. The Labute approximate surface area is 145 Å². The number of halogens is 1. The first-order valence-corrected chi connectivity index (χ1v) is 7.98. The van der Waals surface area contributed by atoms with Gasteiger partial charge < -0.3 is 19.5 Å². The standard InChI is InChI=1S/C18H18ClNO4/c1-22-14-4-2-3-5-15(14)24-18(12-6-8-13(19)9-7-12)16-10-20-17(21)11-23-16/h2-9,16,18H,10-11H2,1H3,(H,20,21). The molecule has 5 nitrogen and oxygen atoms in total. The van der Waals surface area contributed by atoms with E-state index in [4.69, 9.17) is 25.8 Å². The summed E-state index contributed by atoms with van der Waals surface area (Å²) in [6, 6.07) is 14.8. The fourth-order valence-corrected chi connectivity index (χ4v) is 2.69.